The summed E-state index contributed by atoms with van der Waals surface area (Å²) in [6.45, 7) is 4.02. The van der Waals surface area contributed by atoms with Gasteiger partial charge in [0.25, 0.3) is 0 Å². The number of hydrogen-bond donors (Lipinski definition) is 0. The number of ether oxygens (including phenoxy) is 1. The van der Waals surface area contributed by atoms with Crippen LogP contribution >= 0.6 is 0 Å². The fourth-order valence-electron chi connectivity index (χ4n) is 2.10. The Hall–Kier alpha value is -2.62. The first-order valence-electron chi connectivity index (χ1n) is 6.45. The second-order valence-corrected chi connectivity index (χ2v) is 4.61. The van der Waals surface area contributed by atoms with Crippen LogP contribution in [0.5, 0.6) is 11.6 Å². The van der Waals surface area contributed by atoms with E-state index in [1.54, 1.807) is 6.20 Å². The van der Waals surface area contributed by atoms with Crippen molar-refractivity contribution in [1.82, 2.24) is 14.8 Å². The lowest BCUT2D eigenvalue weighted by atomic mass is 10.3. The van der Waals surface area contributed by atoms with Gasteiger partial charge in [0.1, 0.15) is 5.75 Å². The number of aryl methyl sites for hydroxylation is 2. The van der Waals surface area contributed by atoms with Crippen molar-refractivity contribution >= 4 is 0 Å². The molecule has 0 saturated carbocycles. The molecular formula is C16H15N3O. The predicted octanol–water partition coefficient (Wildman–Crippen LogP) is 3.68. The van der Waals surface area contributed by atoms with E-state index >= 15 is 0 Å². The standard InChI is InChI=1S/C16H15N3O/c1-12-10-13(2)19(18-12)14-6-5-7-15(11-14)20-16-8-3-4-9-17-16/h3-11H,1-2H3. The van der Waals surface area contributed by atoms with Crippen LogP contribution in [0.25, 0.3) is 5.69 Å². The van der Waals surface area contributed by atoms with E-state index < -0.39 is 0 Å². The predicted molar refractivity (Wildman–Crippen MR) is 77.3 cm³/mol. The van der Waals surface area contributed by atoms with Gasteiger partial charge in [-0.3, -0.25) is 0 Å². The number of nitrogens with zero attached hydrogens (tertiary/aromatic N) is 3. The molecule has 0 saturated heterocycles. The van der Waals surface area contributed by atoms with Crippen LogP contribution in [0.2, 0.25) is 0 Å². The van der Waals surface area contributed by atoms with Gasteiger partial charge in [-0.1, -0.05) is 12.1 Å². The summed E-state index contributed by atoms with van der Waals surface area (Å²) >= 11 is 0. The summed E-state index contributed by atoms with van der Waals surface area (Å²) < 4.78 is 7.64. The highest BCUT2D eigenvalue weighted by Crippen LogP contribution is 2.22. The van der Waals surface area contributed by atoms with Gasteiger partial charge in [-0.2, -0.15) is 5.10 Å². The van der Waals surface area contributed by atoms with Crippen molar-refractivity contribution < 1.29 is 4.74 Å². The molecule has 2 heterocycles. The van der Waals surface area contributed by atoms with Crippen LogP contribution in [-0.2, 0) is 0 Å². The molecule has 2 aromatic heterocycles. The van der Waals surface area contributed by atoms with Gasteiger partial charge >= 0.3 is 0 Å². The van der Waals surface area contributed by atoms with Gasteiger partial charge in [-0.05, 0) is 38.1 Å². The Morgan fingerprint density at radius 2 is 1.90 bits per heavy atom. The molecule has 0 spiro atoms. The van der Waals surface area contributed by atoms with Crippen molar-refractivity contribution in [2.24, 2.45) is 0 Å². The SMILES string of the molecule is Cc1cc(C)n(-c2cccc(Oc3ccccn3)c2)n1. The average molecular weight is 265 g/mol. The summed E-state index contributed by atoms with van der Waals surface area (Å²) in [5.74, 6) is 1.33. The van der Waals surface area contributed by atoms with E-state index in [9.17, 15) is 0 Å². The molecule has 20 heavy (non-hydrogen) atoms. The monoisotopic (exact) mass is 265 g/mol. The minimum absolute atomic E-state index is 0.581. The van der Waals surface area contributed by atoms with Gasteiger partial charge in [0, 0.05) is 24.0 Å². The molecular weight excluding hydrogens is 250 g/mol. The lowest BCUT2D eigenvalue weighted by Gasteiger charge is -2.08. The zero-order valence-corrected chi connectivity index (χ0v) is 11.4. The summed E-state index contributed by atoms with van der Waals surface area (Å²) in [6, 6.07) is 15.4. The molecule has 3 aromatic rings. The van der Waals surface area contributed by atoms with Crippen LogP contribution in [0.4, 0.5) is 0 Å². The van der Waals surface area contributed by atoms with E-state index in [1.807, 2.05) is 67.1 Å². The van der Waals surface area contributed by atoms with Gasteiger partial charge in [0.15, 0.2) is 0 Å². The van der Waals surface area contributed by atoms with Crippen molar-refractivity contribution in [3.05, 3.63) is 66.1 Å². The van der Waals surface area contributed by atoms with Crippen LogP contribution in [0.3, 0.4) is 0 Å². The molecule has 0 N–H and O–H groups in total. The summed E-state index contributed by atoms with van der Waals surface area (Å²) in [4.78, 5) is 4.15. The topological polar surface area (TPSA) is 39.9 Å². The van der Waals surface area contributed by atoms with E-state index in [0.29, 0.717) is 5.88 Å². The molecule has 0 aliphatic carbocycles. The molecule has 0 bridgehead atoms. The van der Waals surface area contributed by atoms with Crippen molar-refractivity contribution in [1.29, 1.82) is 0 Å². The first-order valence-corrected chi connectivity index (χ1v) is 6.45. The Kier molecular flexibility index (Phi) is 3.21. The molecule has 100 valence electrons. The molecule has 0 unspecified atom stereocenters. The average Bonchev–Trinajstić information content (AvgIpc) is 2.79. The molecule has 3 rings (SSSR count). The van der Waals surface area contributed by atoms with Gasteiger partial charge in [0.2, 0.25) is 5.88 Å². The zero-order valence-electron chi connectivity index (χ0n) is 11.4. The van der Waals surface area contributed by atoms with E-state index in [2.05, 4.69) is 10.1 Å². The minimum Gasteiger partial charge on any atom is -0.439 e. The highest BCUT2D eigenvalue weighted by atomic mass is 16.5. The number of rotatable bonds is 3. The van der Waals surface area contributed by atoms with Crippen LogP contribution in [-0.4, -0.2) is 14.8 Å². The Morgan fingerprint density at radius 1 is 1.00 bits per heavy atom. The van der Waals surface area contributed by atoms with Gasteiger partial charge in [-0.25, -0.2) is 9.67 Å². The smallest absolute Gasteiger partial charge is 0.219 e. The van der Waals surface area contributed by atoms with Crippen LogP contribution < -0.4 is 4.74 Å². The molecule has 0 aliphatic heterocycles. The van der Waals surface area contributed by atoms with Crippen molar-refractivity contribution in [2.45, 2.75) is 13.8 Å². The third-order valence-electron chi connectivity index (χ3n) is 2.93. The number of aromatic nitrogens is 3. The normalized spacial score (nSPS) is 10.5. The Balaban J connectivity index is 1.92. The summed E-state index contributed by atoms with van der Waals surface area (Å²) in [5.41, 5.74) is 3.07. The van der Waals surface area contributed by atoms with Gasteiger partial charge in [0.05, 0.1) is 11.4 Å². The van der Waals surface area contributed by atoms with Crippen molar-refractivity contribution in [2.75, 3.05) is 0 Å². The van der Waals surface area contributed by atoms with E-state index in [-0.39, 0.29) is 0 Å². The number of hydrogen-bond acceptors (Lipinski definition) is 3. The van der Waals surface area contributed by atoms with Gasteiger partial charge < -0.3 is 4.74 Å². The minimum atomic E-state index is 0.581. The van der Waals surface area contributed by atoms with E-state index in [4.69, 9.17) is 4.74 Å². The highest BCUT2D eigenvalue weighted by molar-refractivity contribution is 5.41. The third-order valence-corrected chi connectivity index (χ3v) is 2.93. The second kappa shape index (κ2) is 5.17. The maximum Gasteiger partial charge on any atom is 0.219 e. The lowest BCUT2D eigenvalue weighted by molar-refractivity contribution is 0.462. The fraction of sp³-hybridized carbons (Fsp3) is 0.125. The maximum absolute atomic E-state index is 5.73. The van der Waals surface area contributed by atoms with Crippen LogP contribution in [0.15, 0.2) is 54.7 Å². The summed E-state index contributed by atoms with van der Waals surface area (Å²) in [5, 5.41) is 4.47. The molecule has 0 radical (unpaired) electrons. The number of pyridine rings is 1. The molecule has 4 nitrogen and oxygen atoms in total. The Bertz CT molecular complexity index is 720. The van der Waals surface area contributed by atoms with E-state index in [1.165, 1.54) is 0 Å². The fourth-order valence-corrected chi connectivity index (χ4v) is 2.10. The third kappa shape index (κ3) is 2.54. The first-order chi connectivity index (χ1) is 9.72. The molecule has 0 aliphatic rings. The molecule has 4 heteroatoms. The molecule has 0 amide bonds. The Morgan fingerprint density at radius 3 is 2.60 bits per heavy atom. The molecule has 0 atom stereocenters. The van der Waals surface area contributed by atoms with Gasteiger partial charge in [-0.15, -0.1) is 0 Å². The quantitative estimate of drug-likeness (QED) is 0.725. The van der Waals surface area contributed by atoms with Crippen molar-refractivity contribution in [3.8, 4) is 17.3 Å². The van der Waals surface area contributed by atoms with Crippen LogP contribution in [0.1, 0.15) is 11.4 Å². The van der Waals surface area contributed by atoms with Crippen molar-refractivity contribution in [3.63, 3.8) is 0 Å². The zero-order chi connectivity index (χ0) is 13.9. The highest BCUT2D eigenvalue weighted by Gasteiger charge is 2.05. The van der Waals surface area contributed by atoms with Crippen LogP contribution in [0, 0.1) is 13.8 Å². The molecule has 1 aromatic carbocycles. The van der Waals surface area contributed by atoms with E-state index in [0.717, 1.165) is 22.8 Å². The Labute approximate surface area is 117 Å². The largest absolute Gasteiger partial charge is 0.439 e. The molecule has 0 fully saturated rings. The first kappa shape index (κ1) is 12.4. The number of benzene rings is 1. The summed E-state index contributed by atoms with van der Waals surface area (Å²) in [7, 11) is 0. The second-order valence-electron chi connectivity index (χ2n) is 4.61. The lowest BCUT2D eigenvalue weighted by Crippen LogP contribution is -1.99. The maximum atomic E-state index is 5.73. The summed E-state index contributed by atoms with van der Waals surface area (Å²) in [6.07, 6.45) is 1.71.